The van der Waals surface area contributed by atoms with Gasteiger partial charge in [0.15, 0.2) is 0 Å². The Labute approximate surface area is 163 Å². The van der Waals surface area contributed by atoms with E-state index in [2.05, 4.69) is 19.2 Å². The number of ether oxygens (including phenoxy) is 2. The van der Waals surface area contributed by atoms with Crippen molar-refractivity contribution in [3.8, 4) is 11.5 Å². The second kappa shape index (κ2) is 7.01. The highest BCUT2D eigenvalue weighted by Crippen LogP contribution is 2.58. The Hall–Kier alpha value is -1.91. The predicted octanol–water partition coefficient (Wildman–Crippen LogP) is 4.93. The number of hydrogen-bond acceptors (Lipinski definition) is 3. The highest BCUT2D eigenvalue weighted by molar-refractivity contribution is 6.32. The van der Waals surface area contributed by atoms with Crippen molar-refractivity contribution < 1.29 is 14.3 Å². The van der Waals surface area contributed by atoms with E-state index in [0.717, 1.165) is 5.56 Å². The van der Waals surface area contributed by atoms with Gasteiger partial charge in [0.2, 0.25) is 0 Å². The number of carbonyl (C=O) groups excluding carboxylic acids is 1. The Kier molecular flexibility index (Phi) is 5.09. The van der Waals surface area contributed by atoms with Crippen LogP contribution in [-0.4, -0.2) is 26.2 Å². The molecule has 6 heteroatoms. The molecule has 2 unspecified atom stereocenters. The van der Waals surface area contributed by atoms with E-state index in [1.54, 1.807) is 12.1 Å². The molecule has 4 nitrogen and oxygen atoms in total. The lowest BCUT2D eigenvalue weighted by molar-refractivity contribution is 0.0943. The fraction of sp³-hybridized carbons (Fsp3) is 0.350. The van der Waals surface area contributed by atoms with E-state index in [9.17, 15) is 4.79 Å². The molecule has 0 aromatic heterocycles. The lowest BCUT2D eigenvalue weighted by Gasteiger charge is -2.13. The minimum absolute atomic E-state index is 0.0155. The smallest absolute Gasteiger partial charge is 0.255 e. The summed E-state index contributed by atoms with van der Waals surface area (Å²) in [7, 11) is 3.03. The van der Waals surface area contributed by atoms with E-state index in [1.165, 1.54) is 14.2 Å². The van der Waals surface area contributed by atoms with Crippen molar-refractivity contribution in [3.05, 3.63) is 57.6 Å². The Morgan fingerprint density at radius 2 is 1.65 bits per heavy atom. The Balaban J connectivity index is 1.82. The molecule has 0 spiro atoms. The van der Waals surface area contributed by atoms with Crippen LogP contribution in [0.25, 0.3) is 0 Å². The summed E-state index contributed by atoms with van der Waals surface area (Å²) in [5.74, 6) is 0.889. The van der Waals surface area contributed by atoms with Crippen LogP contribution < -0.4 is 14.8 Å². The van der Waals surface area contributed by atoms with Crippen molar-refractivity contribution in [1.29, 1.82) is 0 Å². The number of benzene rings is 2. The van der Waals surface area contributed by atoms with Crippen molar-refractivity contribution in [1.82, 2.24) is 5.32 Å². The van der Waals surface area contributed by atoms with Crippen molar-refractivity contribution >= 4 is 29.1 Å². The van der Waals surface area contributed by atoms with Gasteiger partial charge in [0.1, 0.15) is 11.5 Å². The van der Waals surface area contributed by atoms with Crippen molar-refractivity contribution in [3.63, 3.8) is 0 Å². The quantitative estimate of drug-likeness (QED) is 0.782. The zero-order valence-electron chi connectivity index (χ0n) is 15.1. The fourth-order valence-electron chi connectivity index (χ4n) is 3.46. The molecule has 1 saturated carbocycles. The van der Waals surface area contributed by atoms with Crippen molar-refractivity contribution in [2.24, 2.45) is 5.41 Å². The molecule has 0 bridgehead atoms. The number of nitrogens with one attached hydrogen (secondary N) is 1. The summed E-state index contributed by atoms with van der Waals surface area (Å²) in [5, 5.41) is 4.17. The Morgan fingerprint density at radius 1 is 1.04 bits per heavy atom. The van der Waals surface area contributed by atoms with Crippen molar-refractivity contribution in [2.75, 3.05) is 14.2 Å². The standard InChI is InChI=1S/C20H21Cl2NO3/c1-20(2)17(11-5-7-12(21)8-6-11)18(20)23-19(24)13-9-14(22)16(26-4)10-15(13)25-3/h5-10,17-18H,1-4H3,(H,23,24). The van der Waals surface area contributed by atoms with E-state index in [1.807, 2.05) is 24.3 Å². The Morgan fingerprint density at radius 3 is 2.23 bits per heavy atom. The molecule has 0 radical (unpaired) electrons. The third-order valence-corrected chi connectivity index (χ3v) is 5.61. The highest BCUT2D eigenvalue weighted by Gasteiger charge is 2.59. The van der Waals surface area contributed by atoms with Crippen LogP contribution in [0.15, 0.2) is 36.4 Å². The van der Waals surface area contributed by atoms with E-state index in [4.69, 9.17) is 32.7 Å². The summed E-state index contributed by atoms with van der Waals surface area (Å²) in [6.07, 6.45) is 0. The SMILES string of the molecule is COc1cc(OC)c(C(=O)NC2C(c3ccc(Cl)cc3)C2(C)C)cc1Cl. The number of rotatable bonds is 5. The van der Waals surface area contributed by atoms with E-state index in [0.29, 0.717) is 27.1 Å². The van der Waals surface area contributed by atoms with Crippen LogP contribution in [0.2, 0.25) is 10.0 Å². The molecule has 1 aliphatic rings. The second-order valence-electron chi connectivity index (χ2n) is 6.99. The molecule has 2 atom stereocenters. The summed E-state index contributed by atoms with van der Waals surface area (Å²) < 4.78 is 10.5. The van der Waals surface area contributed by atoms with Crippen LogP contribution in [0.4, 0.5) is 0 Å². The topological polar surface area (TPSA) is 47.6 Å². The number of hydrogen-bond donors (Lipinski definition) is 1. The third kappa shape index (κ3) is 3.36. The van der Waals surface area contributed by atoms with Crippen LogP contribution in [-0.2, 0) is 0 Å². The van der Waals surface area contributed by atoms with Gasteiger partial charge < -0.3 is 14.8 Å². The molecule has 1 amide bonds. The molecule has 1 N–H and O–H groups in total. The molecular formula is C20H21Cl2NO3. The molecule has 0 aliphatic heterocycles. The largest absolute Gasteiger partial charge is 0.496 e. The van der Waals surface area contributed by atoms with Gasteiger partial charge in [-0.25, -0.2) is 0 Å². The van der Waals surface area contributed by atoms with Gasteiger partial charge in [-0.1, -0.05) is 49.2 Å². The molecule has 1 fully saturated rings. The molecule has 2 aromatic rings. The molecule has 138 valence electrons. The third-order valence-electron chi connectivity index (χ3n) is 5.06. The van der Waals surface area contributed by atoms with Crippen LogP contribution in [0.3, 0.4) is 0 Å². The first-order chi connectivity index (χ1) is 12.3. The van der Waals surface area contributed by atoms with Gasteiger partial charge in [-0.15, -0.1) is 0 Å². The predicted molar refractivity (Wildman–Crippen MR) is 104 cm³/mol. The average Bonchev–Trinajstić information content (AvgIpc) is 3.15. The van der Waals surface area contributed by atoms with Gasteiger partial charge in [-0.2, -0.15) is 0 Å². The minimum atomic E-state index is -0.221. The zero-order chi connectivity index (χ0) is 19.1. The maximum Gasteiger partial charge on any atom is 0.255 e. The van der Waals surface area contributed by atoms with Crippen LogP contribution in [0.5, 0.6) is 11.5 Å². The first-order valence-electron chi connectivity index (χ1n) is 8.27. The maximum atomic E-state index is 12.8. The number of amides is 1. The van der Waals surface area contributed by atoms with E-state index < -0.39 is 0 Å². The normalized spacial score (nSPS) is 20.4. The number of carbonyl (C=O) groups is 1. The summed E-state index contributed by atoms with van der Waals surface area (Å²) in [4.78, 5) is 12.8. The summed E-state index contributed by atoms with van der Waals surface area (Å²) in [6.45, 7) is 4.27. The molecule has 2 aromatic carbocycles. The summed E-state index contributed by atoms with van der Waals surface area (Å²) in [6, 6.07) is 11.0. The molecular weight excluding hydrogens is 373 g/mol. The zero-order valence-corrected chi connectivity index (χ0v) is 16.6. The molecule has 1 aliphatic carbocycles. The first kappa shape index (κ1) is 18.9. The van der Waals surface area contributed by atoms with Crippen LogP contribution >= 0.6 is 23.2 Å². The van der Waals surface area contributed by atoms with Gasteiger partial charge in [-0.05, 0) is 29.2 Å². The second-order valence-corrected chi connectivity index (χ2v) is 7.83. The molecule has 26 heavy (non-hydrogen) atoms. The molecule has 0 heterocycles. The maximum absolute atomic E-state index is 12.8. The summed E-state index contributed by atoms with van der Waals surface area (Å²) in [5.41, 5.74) is 1.49. The lowest BCUT2D eigenvalue weighted by atomic mass is 10.0. The molecule has 3 rings (SSSR count). The van der Waals surface area contributed by atoms with Gasteiger partial charge in [0.05, 0.1) is 24.8 Å². The lowest BCUT2D eigenvalue weighted by Crippen LogP contribution is -2.29. The van der Waals surface area contributed by atoms with Crippen molar-refractivity contribution in [2.45, 2.75) is 25.8 Å². The van der Waals surface area contributed by atoms with Crippen LogP contribution in [0.1, 0.15) is 35.7 Å². The van der Waals surface area contributed by atoms with Crippen LogP contribution in [0, 0.1) is 5.41 Å². The fourth-order valence-corrected chi connectivity index (χ4v) is 3.82. The average molecular weight is 394 g/mol. The van der Waals surface area contributed by atoms with Gasteiger partial charge in [0.25, 0.3) is 5.91 Å². The van der Waals surface area contributed by atoms with Gasteiger partial charge in [0, 0.05) is 23.0 Å². The van der Waals surface area contributed by atoms with E-state index in [-0.39, 0.29) is 23.3 Å². The Bertz CT molecular complexity index is 834. The summed E-state index contributed by atoms with van der Waals surface area (Å²) >= 11 is 12.2. The minimum Gasteiger partial charge on any atom is -0.496 e. The first-order valence-corrected chi connectivity index (χ1v) is 9.03. The number of methoxy groups -OCH3 is 2. The number of halogens is 2. The van der Waals surface area contributed by atoms with Gasteiger partial charge in [-0.3, -0.25) is 4.79 Å². The monoisotopic (exact) mass is 393 g/mol. The van der Waals surface area contributed by atoms with E-state index >= 15 is 0 Å². The highest BCUT2D eigenvalue weighted by atomic mass is 35.5. The molecule has 0 saturated heterocycles. The van der Waals surface area contributed by atoms with Gasteiger partial charge >= 0.3 is 0 Å².